The Bertz CT molecular complexity index is 650. The lowest BCUT2D eigenvalue weighted by Crippen LogP contribution is -2.37. The topological polar surface area (TPSA) is 84.7 Å². The fraction of sp³-hybridized carbons (Fsp3) is 0.308. The predicted molar refractivity (Wildman–Crippen MR) is 71.3 cm³/mol. The van der Waals surface area contributed by atoms with Crippen LogP contribution in [0.4, 0.5) is 10.1 Å². The number of benzene rings is 1. The minimum Gasteiger partial charge on any atom is -0.449 e. The van der Waals surface area contributed by atoms with E-state index in [0.29, 0.717) is 37.6 Å². The van der Waals surface area contributed by atoms with Gasteiger partial charge in [0.2, 0.25) is 5.76 Å². The van der Waals surface area contributed by atoms with Crippen molar-refractivity contribution in [1.29, 1.82) is 5.41 Å². The van der Waals surface area contributed by atoms with Crippen molar-refractivity contribution >= 4 is 22.6 Å². The lowest BCUT2D eigenvalue weighted by atomic mass is 10.2. The number of fused-ring (bicyclic) bond motifs is 1. The largest absolute Gasteiger partial charge is 0.449 e. The van der Waals surface area contributed by atoms with Crippen molar-refractivity contribution in [3.05, 3.63) is 29.8 Å². The van der Waals surface area contributed by atoms with E-state index in [0.717, 1.165) is 5.39 Å². The Balaban J connectivity index is 2.16. The van der Waals surface area contributed by atoms with Crippen molar-refractivity contribution in [3.8, 4) is 0 Å². The van der Waals surface area contributed by atoms with Crippen LogP contribution < -0.4 is 10.8 Å². The Hall–Kier alpha value is -2.12. The van der Waals surface area contributed by atoms with Gasteiger partial charge in [0.15, 0.2) is 0 Å². The molecule has 1 aromatic carbocycles. The second kappa shape index (κ2) is 5.10. The molecule has 0 saturated carbocycles. The molecule has 0 spiro atoms. The van der Waals surface area contributed by atoms with Crippen molar-refractivity contribution < 1.29 is 18.4 Å². The highest BCUT2D eigenvalue weighted by Crippen LogP contribution is 2.35. The van der Waals surface area contributed by atoms with E-state index >= 15 is 0 Å². The van der Waals surface area contributed by atoms with Crippen molar-refractivity contribution in [3.63, 3.8) is 0 Å². The summed E-state index contributed by atoms with van der Waals surface area (Å²) in [6.45, 7) is 2.50. The molecule has 1 saturated heterocycles. The average molecular weight is 279 g/mol. The second-order valence-corrected chi connectivity index (χ2v) is 4.47. The van der Waals surface area contributed by atoms with Gasteiger partial charge in [-0.3, -0.25) is 5.41 Å². The number of furan rings is 1. The standard InChI is InChI=1S/C13H14FN3O3/c14-8-1-2-9-10(7-8)19-12(13(15)20-16)11(9)17-3-5-18-6-4-17/h1-2,7,15H,3-6,16H2. The molecule has 106 valence electrons. The molecule has 0 radical (unpaired) electrons. The Kier molecular flexibility index (Phi) is 3.29. The maximum absolute atomic E-state index is 13.3. The number of hydrogen-bond donors (Lipinski definition) is 2. The molecule has 1 aromatic heterocycles. The van der Waals surface area contributed by atoms with Crippen LogP contribution in [0.15, 0.2) is 22.6 Å². The van der Waals surface area contributed by atoms with Crippen LogP contribution in [0.2, 0.25) is 0 Å². The van der Waals surface area contributed by atoms with E-state index in [-0.39, 0.29) is 11.7 Å². The fourth-order valence-electron chi connectivity index (χ4n) is 2.37. The van der Waals surface area contributed by atoms with Gasteiger partial charge in [-0.05, 0) is 12.1 Å². The SMILES string of the molecule is N=C(ON)c1oc2cc(F)ccc2c1N1CCOCC1. The van der Waals surface area contributed by atoms with Gasteiger partial charge < -0.3 is 18.9 Å². The van der Waals surface area contributed by atoms with Crippen molar-refractivity contribution in [2.75, 3.05) is 31.2 Å². The lowest BCUT2D eigenvalue weighted by molar-refractivity contribution is 0.122. The van der Waals surface area contributed by atoms with E-state index in [1.165, 1.54) is 12.1 Å². The summed E-state index contributed by atoms with van der Waals surface area (Å²) >= 11 is 0. The van der Waals surface area contributed by atoms with Gasteiger partial charge in [0.05, 0.1) is 18.9 Å². The minimum atomic E-state index is -0.397. The summed E-state index contributed by atoms with van der Waals surface area (Å²) < 4.78 is 24.1. The molecule has 0 amide bonds. The maximum Gasteiger partial charge on any atom is 0.275 e. The molecule has 0 aliphatic carbocycles. The van der Waals surface area contributed by atoms with Gasteiger partial charge in [-0.15, -0.1) is 0 Å². The molecular weight excluding hydrogens is 265 g/mol. The van der Waals surface area contributed by atoms with Gasteiger partial charge in [0.1, 0.15) is 11.4 Å². The Labute approximate surface area is 114 Å². The highest BCUT2D eigenvalue weighted by atomic mass is 19.1. The third-order valence-electron chi connectivity index (χ3n) is 3.28. The lowest BCUT2D eigenvalue weighted by Gasteiger charge is -2.28. The highest BCUT2D eigenvalue weighted by Gasteiger charge is 2.25. The molecule has 2 aromatic rings. The number of rotatable bonds is 2. The average Bonchev–Trinajstić information content (AvgIpc) is 2.85. The van der Waals surface area contributed by atoms with Crippen LogP contribution in [0, 0.1) is 11.2 Å². The zero-order chi connectivity index (χ0) is 14.1. The summed E-state index contributed by atoms with van der Waals surface area (Å²) in [7, 11) is 0. The molecule has 7 heteroatoms. The van der Waals surface area contributed by atoms with E-state index in [9.17, 15) is 4.39 Å². The first-order chi connectivity index (χ1) is 9.70. The summed E-state index contributed by atoms with van der Waals surface area (Å²) in [5.41, 5.74) is 1.06. The second-order valence-electron chi connectivity index (χ2n) is 4.47. The summed E-state index contributed by atoms with van der Waals surface area (Å²) in [6.07, 6.45) is 0. The monoisotopic (exact) mass is 279 g/mol. The Morgan fingerprint density at radius 1 is 1.35 bits per heavy atom. The molecule has 1 fully saturated rings. The van der Waals surface area contributed by atoms with E-state index in [1.807, 2.05) is 4.90 Å². The summed E-state index contributed by atoms with van der Waals surface area (Å²) in [5.74, 6) is 4.57. The molecule has 1 aliphatic rings. The number of nitrogens with zero attached hydrogens (tertiary/aromatic N) is 1. The van der Waals surface area contributed by atoms with Gasteiger partial charge in [-0.2, -0.15) is 5.90 Å². The molecule has 0 bridgehead atoms. The maximum atomic E-state index is 13.3. The van der Waals surface area contributed by atoms with Crippen LogP contribution in [-0.2, 0) is 9.57 Å². The summed E-state index contributed by atoms with van der Waals surface area (Å²) in [6, 6.07) is 4.28. The van der Waals surface area contributed by atoms with Crippen LogP contribution in [-0.4, -0.2) is 32.2 Å². The van der Waals surface area contributed by atoms with E-state index in [1.54, 1.807) is 6.07 Å². The summed E-state index contributed by atoms with van der Waals surface area (Å²) in [5, 5.41) is 8.46. The molecule has 3 rings (SSSR count). The third-order valence-corrected chi connectivity index (χ3v) is 3.28. The number of halogens is 1. The molecule has 2 heterocycles. The van der Waals surface area contributed by atoms with E-state index in [2.05, 4.69) is 4.84 Å². The van der Waals surface area contributed by atoms with Crippen LogP contribution in [0.25, 0.3) is 11.0 Å². The predicted octanol–water partition coefficient (Wildman–Crippen LogP) is 1.62. The highest BCUT2D eigenvalue weighted by molar-refractivity contribution is 6.05. The normalized spacial score (nSPS) is 15.6. The molecule has 0 atom stereocenters. The van der Waals surface area contributed by atoms with Crippen LogP contribution in [0.5, 0.6) is 0 Å². The quantitative estimate of drug-likeness (QED) is 0.496. The number of anilines is 1. The molecule has 1 aliphatic heterocycles. The van der Waals surface area contributed by atoms with Crippen LogP contribution >= 0.6 is 0 Å². The number of nitrogens with one attached hydrogen (secondary N) is 1. The third kappa shape index (κ3) is 2.10. The van der Waals surface area contributed by atoms with Gasteiger partial charge in [-0.25, -0.2) is 4.39 Å². The first-order valence-electron chi connectivity index (χ1n) is 6.21. The van der Waals surface area contributed by atoms with E-state index < -0.39 is 5.82 Å². The summed E-state index contributed by atoms with van der Waals surface area (Å²) in [4.78, 5) is 6.49. The zero-order valence-electron chi connectivity index (χ0n) is 10.7. The van der Waals surface area contributed by atoms with Gasteiger partial charge in [-0.1, -0.05) is 0 Å². The first kappa shape index (κ1) is 12.9. The van der Waals surface area contributed by atoms with Crippen LogP contribution in [0.1, 0.15) is 5.76 Å². The van der Waals surface area contributed by atoms with Crippen molar-refractivity contribution in [2.24, 2.45) is 5.90 Å². The number of nitrogens with two attached hydrogens (primary N) is 1. The zero-order valence-corrected chi connectivity index (χ0v) is 10.7. The van der Waals surface area contributed by atoms with Crippen LogP contribution in [0.3, 0.4) is 0 Å². The molecule has 3 N–H and O–H groups in total. The molecule has 20 heavy (non-hydrogen) atoms. The minimum absolute atomic E-state index is 0.204. The van der Waals surface area contributed by atoms with Crippen molar-refractivity contribution in [2.45, 2.75) is 0 Å². The van der Waals surface area contributed by atoms with Crippen molar-refractivity contribution in [1.82, 2.24) is 0 Å². The number of ether oxygens (including phenoxy) is 1. The van der Waals surface area contributed by atoms with Gasteiger partial charge in [0, 0.05) is 24.5 Å². The molecule has 0 unspecified atom stereocenters. The fourth-order valence-corrected chi connectivity index (χ4v) is 2.37. The van der Waals surface area contributed by atoms with Gasteiger partial charge in [0.25, 0.3) is 5.90 Å². The van der Waals surface area contributed by atoms with Gasteiger partial charge >= 0.3 is 0 Å². The first-order valence-corrected chi connectivity index (χ1v) is 6.21. The smallest absolute Gasteiger partial charge is 0.275 e. The molecular formula is C13H14FN3O3. The Morgan fingerprint density at radius 2 is 2.10 bits per heavy atom. The number of morpholine rings is 1. The Morgan fingerprint density at radius 3 is 2.80 bits per heavy atom. The van der Waals surface area contributed by atoms with E-state index in [4.69, 9.17) is 20.5 Å². The molecule has 6 nitrogen and oxygen atoms in total. The number of hydrogen-bond acceptors (Lipinski definition) is 6.